The molecule has 0 fully saturated rings. The van der Waals surface area contributed by atoms with E-state index in [9.17, 15) is 0 Å². The molecule has 0 atom stereocenters. The molecule has 2 heteroatoms. The zero-order chi connectivity index (χ0) is 11.1. The molecule has 0 aromatic heterocycles. The van der Waals surface area contributed by atoms with Crippen molar-refractivity contribution < 1.29 is 0 Å². The number of nitrogens with zero attached hydrogens (tertiary/aromatic N) is 2. The fourth-order valence-electron chi connectivity index (χ4n) is 2.01. The summed E-state index contributed by atoms with van der Waals surface area (Å²) in [6, 6.07) is 0. The molecule has 0 saturated carbocycles. The molecular weight excluding hydrogens is 184 g/mol. The van der Waals surface area contributed by atoms with Crippen LogP contribution in [-0.4, -0.2) is 36.0 Å². The van der Waals surface area contributed by atoms with Crippen LogP contribution in [0.25, 0.3) is 0 Å². The molecule has 0 aromatic carbocycles. The van der Waals surface area contributed by atoms with E-state index in [0.717, 1.165) is 0 Å². The fourth-order valence-corrected chi connectivity index (χ4v) is 2.01. The Morgan fingerprint density at radius 2 is 1.73 bits per heavy atom. The largest absolute Gasteiger partial charge is 0.374 e. The van der Waals surface area contributed by atoms with Crippen LogP contribution in [-0.2, 0) is 0 Å². The van der Waals surface area contributed by atoms with Gasteiger partial charge in [0.05, 0.1) is 0 Å². The summed E-state index contributed by atoms with van der Waals surface area (Å²) >= 11 is 0. The Labute approximate surface area is 94.9 Å². The first-order valence-electron chi connectivity index (χ1n) is 6.45. The molecule has 88 valence electrons. The van der Waals surface area contributed by atoms with Crippen LogP contribution in [0.3, 0.4) is 0 Å². The van der Waals surface area contributed by atoms with E-state index in [1.807, 2.05) is 0 Å². The van der Waals surface area contributed by atoms with Gasteiger partial charge in [-0.15, -0.1) is 0 Å². The maximum Gasteiger partial charge on any atom is 0.0351 e. The number of rotatable bonds is 6. The van der Waals surface area contributed by atoms with Crippen molar-refractivity contribution in [3.05, 3.63) is 11.9 Å². The second-order valence-corrected chi connectivity index (χ2v) is 4.50. The monoisotopic (exact) mass is 210 g/mol. The van der Waals surface area contributed by atoms with Gasteiger partial charge in [-0.05, 0) is 19.8 Å². The minimum atomic E-state index is 1.21. The molecule has 0 radical (unpaired) electrons. The zero-order valence-corrected chi connectivity index (χ0v) is 10.6. The summed E-state index contributed by atoms with van der Waals surface area (Å²) in [4.78, 5) is 4.99. The van der Waals surface area contributed by atoms with Crippen molar-refractivity contribution in [2.75, 3.05) is 26.2 Å². The number of allylic oxidation sites excluding steroid dienone is 1. The summed E-state index contributed by atoms with van der Waals surface area (Å²) in [6.07, 6.45) is 7.57. The van der Waals surface area contributed by atoms with Crippen molar-refractivity contribution in [1.82, 2.24) is 9.80 Å². The average molecular weight is 210 g/mol. The van der Waals surface area contributed by atoms with Gasteiger partial charge in [0.25, 0.3) is 0 Å². The van der Waals surface area contributed by atoms with Crippen LogP contribution in [0.2, 0.25) is 0 Å². The summed E-state index contributed by atoms with van der Waals surface area (Å²) in [5.41, 5.74) is 1.45. The van der Waals surface area contributed by atoms with Crippen molar-refractivity contribution in [2.45, 2.75) is 46.5 Å². The molecule has 0 bridgehead atoms. The molecule has 2 nitrogen and oxygen atoms in total. The Kier molecular flexibility index (Phi) is 5.59. The zero-order valence-electron chi connectivity index (χ0n) is 10.6. The summed E-state index contributed by atoms with van der Waals surface area (Å²) in [5.74, 6) is 0. The third-order valence-electron chi connectivity index (χ3n) is 3.11. The van der Waals surface area contributed by atoms with Gasteiger partial charge < -0.3 is 9.80 Å². The molecule has 1 aliphatic rings. The van der Waals surface area contributed by atoms with E-state index in [-0.39, 0.29) is 0 Å². The first-order valence-corrected chi connectivity index (χ1v) is 6.45. The lowest BCUT2D eigenvalue weighted by Gasteiger charge is -2.35. The van der Waals surface area contributed by atoms with Gasteiger partial charge in [0.15, 0.2) is 0 Å². The Morgan fingerprint density at radius 3 is 2.33 bits per heavy atom. The van der Waals surface area contributed by atoms with Gasteiger partial charge >= 0.3 is 0 Å². The number of hydrogen-bond acceptors (Lipinski definition) is 2. The van der Waals surface area contributed by atoms with Crippen LogP contribution >= 0.6 is 0 Å². The smallest absolute Gasteiger partial charge is 0.0351 e. The second-order valence-electron chi connectivity index (χ2n) is 4.50. The number of hydrogen-bond donors (Lipinski definition) is 0. The Bertz CT molecular complexity index is 199. The van der Waals surface area contributed by atoms with Gasteiger partial charge in [0, 0.05) is 38.1 Å². The second kappa shape index (κ2) is 6.76. The highest BCUT2D eigenvalue weighted by molar-refractivity contribution is 5.01. The Balaban J connectivity index is 2.35. The topological polar surface area (TPSA) is 6.48 Å². The van der Waals surface area contributed by atoms with Gasteiger partial charge in [-0.1, -0.05) is 26.7 Å². The van der Waals surface area contributed by atoms with Crippen molar-refractivity contribution >= 4 is 0 Å². The lowest BCUT2D eigenvalue weighted by atomic mass is 10.2. The highest BCUT2D eigenvalue weighted by Crippen LogP contribution is 2.13. The molecule has 0 spiro atoms. The van der Waals surface area contributed by atoms with E-state index in [0.29, 0.717) is 0 Å². The van der Waals surface area contributed by atoms with Crippen LogP contribution < -0.4 is 0 Å². The van der Waals surface area contributed by atoms with Crippen LogP contribution in [0, 0.1) is 0 Å². The van der Waals surface area contributed by atoms with Crippen molar-refractivity contribution in [3.8, 4) is 0 Å². The minimum Gasteiger partial charge on any atom is -0.374 e. The summed E-state index contributed by atoms with van der Waals surface area (Å²) < 4.78 is 0. The van der Waals surface area contributed by atoms with E-state index in [1.165, 1.54) is 57.6 Å². The Hall–Kier alpha value is -0.660. The molecule has 0 N–H and O–H groups in total. The minimum absolute atomic E-state index is 1.21. The van der Waals surface area contributed by atoms with Gasteiger partial charge in [-0.25, -0.2) is 0 Å². The maximum atomic E-state index is 2.52. The van der Waals surface area contributed by atoms with E-state index in [1.54, 1.807) is 0 Å². The van der Waals surface area contributed by atoms with Crippen molar-refractivity contribution in [3.63, 3.8) is 0 Å². The Morgan fingerprint density at radius 1 is 1.07 bits per heavy atom. The van der Waals surface area contributed by atoms with Crippen LogP contribution in [0.4, 0.5) is 0 Å². The third-order valence-corrected chi connectivity index (χ3v) is 3.11. The molecule has 15 heavy (non-hydrogen) atoms. The molecule has 0 aromatic rings. The first kappa shape index (κ1) is 12.4. The molecule has 0 aliphatic carbocycles. The van der Waals surface area contributed by atoms with Crippen LogP contribution in [0.15, 0.2) is 11.9 Å². The molecule has 0 unspecified atom stereocenters. The quantitative estimate of drug-likeness (QED) is 0.665. The highest BCUT2D eigenvalue weighted by Gasteiger charge is 2.13. The summed E-state index contributed by atoms with van der Waals surface area (Å²) in [5, 5.41) is 0. The molecule has 1 rings (SSSR count). The molecule has 1 heterocycles. The molecular formula is C13H26N2. The summed E-state index contributed by atoms with van der Waals surface area (Å²) in [6.45, 7) is 11.7. The van der Waals surface area contributed by atoms with Crippen molar-refractivity contribution in [1.29, 1.82) is 0 Å². The van der Waals surface area contributed by atoms with E-state index < -0.39 is 0 Å². The predicted molar refractivity (Wildman–Crippen MR) is 66.7 cm³/mol. The van der Waals surface area contributed by atoms with Crippen molar-refractivity contribution in [2.24, 2.45) is 0 Å². The van der Waals surface area contributed by atoms with Gasteiger partial charge in [0.1, 0.15) is 0 Å². The molecule has 0 amide bonds. The summed E-state index contributed by atoms with van der Waals surface area (Å²) in [7, 11) is 0. The maximum absolute atomic E-state index is 2.52. The molecule has 0 saturated heterocycles. The van der Waals surface area contributed by atoms with E-state index in [2.05, 4.69) is 36.8 Å². The highest BCUT2D eigenvalue weighted by atomic mass is 15.2. The van der Waals surface area contributed by atoms with Gasteiger partial charge in [-0.2, -0.15) is 0 Å². The van der Waals surface area contributed by atoms with Crippen LogP contribution in [0.1, 0.15) is 46.5 Å². The van der Waals surface area contributed by atoms with Gasteiger partial charge in [0.2, 0.25) is 0 Å². The normalized spacial score (nSPS) is 16.9. The SMILES string of the molecule is CCCCN1C=C(C)N(CCCC)CC1. The average Bonchev–Trinajstić information content (AvgIpc) is 2.25. The van der Waals surface area contributed by atoms with E-state index >= 15 is 0 Å². The van der Waals surface area contributed by atoms with Crippen LogP contribution in [0.5, 0.6) is 0 Å². The third kappa shape index (κ3) is 4.15. The number of unbranched alkanes of at least 4 members (excludes halogenated alkanes) is 2. The fraction of sp³-hybridized carbons (Fsp3) is 0.846. The predicted octanol–water partition coefficient (Wildman–Crippen LogP) is 3.07. The van der Waals surface area contributed by atoms with Gasteiger partial charge in [-0.3, -0.25) is 0 Å². The lowest BCUT2D eigenvalue weighted by Crippen LogP contribution is -2.38. The lowest BCUT2D eigenvalue weighted by molar-refractivity contribution is 0.236. The first-order chi connectivity index (χ1) is 7.27. The molecule has 1 aliphatic heterocycles. The van der Waals surface area contributed by atoms with E-state index in [4.69, 9.17) is 0 Å². The standard InChI is InChI=1S/C13H26N2/c1-4-6-8-14-10-11-15(9-7-5-2)13(3)12-14/h12H,4-11H2,1-3H3.